The van der Waals surface area contributed by atoms with Gasteiger partial charge < -0.3 is 5.32 Å². The van der Waals surface area contributed by atoms with Crippen LogP contribution in [0.2, 0.25) is 5.02 Å². The first kappa shape index (κ1) is 13.9. The molecule has 1 aromatic rings. The van der Waals surface area contributed by atoms with Gasteiger partial charge in [-0.25, -0.2) is 0 Å². The first-order chi connectivity index (χ1) is 9.27. The van der Waals surface area contributed by atoms with E-state index in [-0.39, 0.29) is 0 Å². The van der Waals surface area contributed by atoms with Crippen molar-refractivity contribution in [3.05, 3.63) is 21.3 Å². The molecule has 0 saturated heterocycles. The van der Waals surface area contributed by atoms with Crippen LogP contribution in [0.15, 0.2) is 11.4 Å². The maximum Gasteiger partial charge on any atom is 0.0544 e. The largest absolute Gasteiger partial charge is 0.314 e. The standard InChI is InChI=1S/C16H24ClNS/c17-14-6-12-19-15(14)5-9-16(7-1-2-8-16)10-11-18-13-3-4-13/h6,12-13,18H,1-5,7-11H2. The number of halogens is 1. The van der Waals surface area contributed by atoms with Crippen LogP contribution in [-0.2, 0) is 6.42 Å². The van der Waals surface area contributed by atoms with Crippen LogP contribution in [0.25, 0.3) is 0 Å². The smallest absolute Gasteiger partial charge is 0.0544 e. The Morgan fingerprint density at radius 1 is 1.26 bits per heavy atom. The summed E-state index contributed by atoms with van der Waals surface area (Å²) in [5, 5.41) is 6.79. The molecule has 2 fully saturated rings. The molecule has 1 heterocycles. The highest BCUT2D eigenvalue weighted by Crippen LogP contribution is 2.45. The highest BCUT2D eigenvalue weighted by molar-refractivity contribution is 7.10. The molecule has 3 heteroatoms. The van der Waals surface area contributed by atoms with E-state index in [0.717, 1.165) is 11.1 Å². The number of aryl methyl sites for hydroxylation is 1. The molecular weight excluding hydrogens is 274 g/mol. The van der Waals surface area contributed by atoms with Crippen LogP contribution in [0, 0.1) is 5.41 Å². The molecule has 0 radical (unpaired) electrons. The van der Waals surface area contributed by atoms with Crippen molar-refractivity contribution in [1.29, 1.82) is 0 Å². The fourth-order valence-electron chi connectivity index (χ4n) is 3.46. The number of hydrogen-bond donors (Lipinski definition) is 1. The topological polar surface area (TPSA) is 12.0 Å². The van der Waals surface area contributed by atoms with Crippen molar-refractivity contribution < 1.29 is 0 Å². The molecular formula is C16H24ClNS. The molecule has 2 saturated carbocycles. The second-order valence-electron chi connectivity index (χ2n) is 6.38. The Hall–Kier alpha value is -0.0500. The Morgan fingerprint density at radius 3 is 2.68 bits per heavy atom. The third-order valence-corrected chi connectivity index (χ3v) is 6.35. The van der Waals surface area contributed by atoms with Crippen molar-refractivity contribution in [3.63, 3.8) is 0 Å². The summed E-state index contributed by atoms with van der Waals surface area (Å²) >= 11 is 8.05. The van der Waals surface area contributed by atoms with Crippen LogP contribution >= 0.6 is 22.9 Å². The predicted molar refractivity (Wildman–Crippen MR) is 84.2 cm³/mol. The van der Waals surface area contributed by atoms with E-state index in [1.807, 2.05) is 17.4 Å². The van der Waals surface area contributed by atoms with Crippen molar-refractivity contribution in [2.24, 2.45) is 5.41 Å². The van der Waals surface area contributed by atoms with Crippen LogP contribution in [0.3, 0.4) is 0 Å². The van der Waals surface area contributed by atoms with Gasteiger partial charge >= 0.3 is 0 Å². The zero-order chi connectivity index (χ0) is 13.1. The van der Waals surface area contributed by atoms with Crippen molar-refractivity contribution >= 4 is 22.9 Å². The second kappa shape index (κ2) is 6.15. The lowest BCUT2D eigenvalue weighted by Gasteiger charge is -2.29. The summed E-state index contributed by atoms with van der Waals surface area (Å²) in [6, 6.07) is 2.89. The predicted octanol–water partition coefficient (Wildman–Crippen LogP) is 5.04. The van der Waals surface area contributed by atoms with Gasteiger partial charge in [0.2, 0.25) is 0 Å². The lowest BCUT2D eigenvalue weighted by Crippen LogP contribution is -2.26. The first-order valence-electron chi connectivity index (χ1n) is 7.73. The van der Waals surface area contributed by atoms with E-state index in [9.17, 15) is 0 Å². The van der Waals surface area contributed by atoms with Gasteiger partial charge in [0.25, 0.3) is 0 Å². The van der Waals surface area contributed by atoms with Gasteiger partial charge in [0.05, 0.1) is 5.02 Å². The van der Waals surface area contributed by atoms with Gasteiger partial charge in [0, 0.05) is 10.9 Å². The number of rotatable bonds is 7. The zero-order valence-corrected chi connectivity index (χ0v) is 13.2. The van der Waals surface area contributed by atoms with Crippen molar-refractivity contribution in [2.45, 2.75) is 63.8 Å². The lowest BCUT2D eigenvalue weighted by molar-refractivity contribution is 0.245. The number of nitrogens with one attached hydrogen (secondary N) is 1. The maximum absolute atomic E-state index is 6.22. The average molecular weight is 298 g/mol. The van der Waals surface area contributed by atoms with Crippen LogP contribution in [0.1, 0.15) is 56.2 Å². The van der Waals surface area contributed by atoms with Gasteiger partial charge in [-0.2, -0.15) is 0 Å². The van der Waals surface area contributed by atoms with Crippen LogP contribution in [0.5, 0.6) is 0 Å². The minimum atomic E-state index is 0.606. The molecule has 2 aliphatic carbocycles. The number of hydrogen-bond acceptors (Lipinski definition) is 2. The van der Waals surface area contributed by atoms with Crippen LogP contribution in [-0.4, -0.2) is 12.6 Å². The Balaban J connectivity index is 1.52. The first-order valence-corrected chi connectivity index (χ1v) is 8.98. The van der Waals surface area contributed by atoms with Gasteiger partial charge in [-0.15, -0.1) is 11.3 Å². The van der Waals surface area contributed by atoms with E-state index in [0.29, 0.717) is 5.41 Å². The molecule has 0 aromatic carbocycles. The molecule has 1 nitrogen and oxygen atoms in total. The maximum atomic E-state index is 6.22. The van der Waals surface area contributed by atoms with Gasteiger partial charge in [-0.05, 0) is 68.4 Å². The average Bonchev–Trinajstić information content (AvgIpc) is 2.95. The lowest BCUT2D eigenvalue weighted by atomic mass is 9.78. The third kappa shape index (κ3) is 3.74. The minimum Gasteiger partial charge on any atom is -0.314 e. The monoisotopic (exact) mass is 297 g/mol. The van der Waals surface area contributed by atoms with Crippen molar-refractivity contribution in [1.82, 2.24) is 5.32 Å². The molecule has 0 atom stereocenters. The number of thiophene rings is 1. The third-order valence-electron chi connectivity index (χ3n) is 4.90. The molecule has 0 amide bonds. The molecule has 0 aliphatic heterocycles. The van der Waals surface area contributed by atoms with Gasteiger partial charge in [0.1, 0.15) is 0 Å². The summed E-state index contributed by atoms with van der Waals surface area (Å²) in [6.45, 7) is 1.23. The molecule has 1 aromatic heterocycles. The van der Waals surface area contributed by atoms with Gasteiger partial charge in [-0.1, -0.05) is 24.4 Å². The molecule has 0 bridgehead atoms. The Morgan fingerprint density at radius 2 is 2.05 bits per heavy atom. The van der Waals surface area contributed by atoms with E-state index >= 15 is 0 Å². The minimum absolute atomic E-state index is 0.606. The Bertz CT molecular complexity index is 405. The summed E-state index contributed by atoms with van der Waals surface area (Å²) in [4.78, 5) is 1.39. The van der Waals surface area contributed by atoms with E-state index < -0.39 is 0 Å². The highest BCUT2D eigenvalue weighted by atomic mass is 35.5. The van der Waals surface area contributed by atoms with E-state index in [1.165, 1.54) is 69.2 Å². The van der Waals surface area contributed by atoms with E-state index in [2.05, 4.69) is 10.7 Å². The van der Waals surface area contributed by atoms with Gasteiger partial charge in [-0.3, -0.25) is 0 Å². The summed E-state index contributed by atoms with van der Waals surface area (Å²) < 4.78 is 0. The van der Waals surface area contributed by atoms with Gasteiger partial charge in [0.15, 0.2) is 0 Å². The quantitative estimate of drug-likeness (QED) is 0.744. The molecule has 19 heavy (non-hydrogen) atoms. The fraction of sp³-hybridized carbons (Fsp3) is 0.750. The summed E-state index contributed by atoms with van der Waals surface area (Å²) in [5.74, 6) is 0. The molecule has 0 spiro atoms. The summed E-state index contributed by atoms with van der Waals surface area (Å²) in [6.07, 6.45) is 12.4. The molecule has 2 aliphatic rings. The second-order valence-corrected chi connectivity index (χ2v) is 7.79. The molecule has 3 rings (SSSR count). The van der Waals surface area contributed by atoms with Crippen molar-refractivity contribution in [3.8, 4) is 0 Å². The zero-order valence-electron chi connectivity index (χ0n) is 11.6. The molecule has 1 N–H and O–H groups in total. The summed E-state index contributed by atoms with van der Waals surface area (Å²) in [5.41, 5.74) is 0.606. The summed E-state index contributed by atoms with van der Waals surface area (Å²) in [7, 11) is 0. The highest BCUT2D eigenvalue weighted by Gasteiger charge is 2.33. The Labute approximate surface area is 125 Å². The normalized spacial score (nSPS) is 21.9. The van der Waals surface area contributed by atoms with Crippen LogP contribution < -0.4 is 5.32 Å². The fourth-order valence-corrected chi connectivity index (χ4v) is 4.60. The van der Waals surface area contributed by atoms with Crippen LogP contribution in [0.4, 0.5) is 0 Å². The molecule has 0 unspecified atom stereocenters. The SMILES string of the molecule is Clc1ccsc1CCC1(CCNC2CC2)CCCC1. The Kier molecular flexibility index (Phi) is 4.51. The van der Waals surface area contributed by atoms with Crippen molar-refractivity contribution in [2.75, 3.05) is 6.54 Å². The van der Waals surface area contributed by atoms with E-state index in [1.54, 1.807) is 0 Å². The molecule has 106 valence electrons. The van der Waals surface area contributed by atoms with E-state index in [4.69, 9.17) is 11.6 Å².